The zero-order valence-corrected chi connectivity index (χ0v) is 12.9. The van der Waals surface area contributed by atoms with E-state index < -0.39 is 0 Å². The summed E-state index contributed by atoms with van der Waals surface area (Å²) in [6.45, 7) is 0.488. The molecule has 2 heterocycles. The van der Waals surface area contributed by atoms with Crippen LogP contribution in [-0.2, 0) is 6.42 Å². The van der Waals surface area contributed by atoms with Crippen molar-refractivity contribution in [2.45, 2.75) is 6.42 Å². The lowest BCUT2D eigenvalue weighted by Gasteiger charge is -2.04. The van der Waals surface area contributed by atoms with Crippen LogP contribution < -0.4 is 5.32 Å². The molecule has 0 aliphatic carbocycles. The Morgan fingerprint density at radius 1 is 1.00 bits per heavy atom. The summed E-state index contributed by atoms with van der Waals surface area (Å²) in [5.74, 6) is -0.371. The van der Waals surface area contributed by atoms with Gasteiger partial charge >= 0.3 is 0 Å². The number of hydrogen-bond acceptors (Lipinski definition) is 1. The van der Waals surface area contributed by atoms with Gasteiger partial charge < -0.3 is 15.3 Å². The summed E-state index contributed by atoms with van der Waals surface area (Å²) < 4.78 is 13.4. The summed E-state index contributed by atoms with van der Waals surface area (Å²) in [5, 5.41) is 4.69. The van der Waals surface area contributed by atoms with Crippen LogP contribution in [0.25, 0.3) is 21.8 Å². The van der Waals surface area contributed by atoms with Crippen LogP contribution in [0, 0.1) is 5.82 Å². The fraction of sp³-hybridized carbons (Fsp3) is 0.105. The number of fused-ring (bicyclic) bond motifs is 2. The molecule has 1 amide bonds. The van der Waals surface area contributed by atoms with Crippen LogP contribution >= 0.6 is 0 Å². The van der Waals surface area contributed by atoms with E-state index in [0.717, 1.165) is 27.4 Å². The molecule has 3 N–H and O–H groups in total. The van der Waals surface area contributed by atoms with Gasteiger partial charge in [-0.15, -0.1) is 0 Å². The Kier molecular flexibility index (Phi) is 3.54. The van der Waals surface area contributed by atoms with E-state index in [9.17, 15) is 9.18 Å². The summed E-state index contributed by atoms with van der Waals surface area (Å²) in [4.78, 5) is 18.6. The molecule has 0 radical (unpaired) electrons. The first-order chi connectivity index (χ1) is 11.7. The third kappa shape index (κ3) is 2.54. The third-order valence-corrected chi connectivity index (χ3v) is 4.24. The number of carbonyl (C=O) groups is 1. The first-order valence-corrected chi connectivity index (χ1v) is 7.82. The van der Waals surface area contributed by atoms with Gasteiger partial charge in [0.1, 0.15) is 5.82 Å². The van der Waals surface area contributed by atoms with Crippen LogP contribution in [0.15, 0.2) is 54.9 Å². The molecule has 5 heteroatoms. The fourth-order valence-electron chi connectivity index (χ4n) is 3.02. The van der Waals surface area contributed by atoms with Gasteiger partial charge in [0.25, 0.3) is 5.91 Å². The fourth-order valence-corrected chi connectivity index (χ4v) is 3.02. The molecule has 4 aromatic rings. The molecule has 0 fully saturated rings. The molecule has 4 nitrogen and oxygen atoms in total. The van der Waals surface area contributed by atoms with Crippen molar-refractivity contribution < 1.29 is 9.18 Å². The number of aromatic nitrogens is 2. The molecule has 0 bridgehead atoms. The largest absolute Gasteiger partial charge is 0.361 e. The number of H-pyrrole nitrogens is 2. The molecule has 0 atom stereocenters. The maximum absolute atomic E-state index is 13.4. The number of benzene rings is 2. The second kappa shape index (κ2) is 5.85. The number of aromatic amines is 2. The average Bonchev–Trinajstić information content (AvgIpc) is 3.19. The second-order valence-electron chi connectivity index (χ2n) is 5.76. The number of nitrogens with one attached hydrogen (secondary N) is 3. The molecule has 2 aromatic carbocycles. The van der Waals surface area contributed by atoms with E-state index >= 15 is 0 Å². The van der Waals surface area contributed by atoms with Crippen LogP contribution in [0.5, 0.6) is 0 Å². The summed E-state index contributed by atoms with van der Waals surface area (Å²) >= 11 is 0. The molecule has 0 unspecified atom stereocenters. The minimum Gasteiger partial charge on any atom is -0.361 e. The van der Waals surface area contributed by atoms with E-state index in [-0.39, 0.29) is 11.7 Å². The minimum atomic E-state index is -0.258. The third-order valence-electron chi connectivity index (χ3n) is 4.24. The molecule has 120 valence electrons. The molecular weight excluding hydrogens is 305 g/mol. The van der Waals surface area contributed by atoms with Gasteiger partial charge in [-0.1, -0.05) is 18.2 Å². The lowest BCUT2D eigenvalue weighted by Crippen LogP contribution is -2.25. The van der Waals surface area contributed by atoms with Crippen LogP contribution in [0.4, 0.5) is 4.39 Å². The Balaban J connectivity index is 1.47. The van der Waals surface area contributed by atoms with Crippen LogP contribution in [0.3, 0.4) is 0 Å². The molecule has 0 saturated carbocycles. The van der Waals surface area contributed by atoms with E-state index in [2.05, 4.69) is 15.3 Å². The zero-order valence-electron chi connectivity index (χ0n) is 12.9. The lowest BCUT2D eigenvalue weighted by molar-refractivity contribution is 0.0956. The quantitative estimate of drug-likeness (QED) is 0.526. The Morgan fingerprint density at radius 3 is 2.71 bits per heavy atom. The van der Waals surface area contributed by atoms with Crippen molar-refractivity contribution in [3.63, 3.8) is 0 Å². The predicted octanol–water partition coefficient (Wildman–Crippen LogP) is 3.76. The van der Waals surface area contributed by atoms with Gasteiger partial charge in [0.05, 0.1) is 5.56 Å². The maximum atomic E-state index is 13.4. The van der Waals surface area contributed by atoms with Gasteiger partial charge in [-0.3, -0.25) is 4.79 Å². The summed E-state index contributed by atoms with van der Waals surface area (Å²) in [6, 6.07) is 12.4. The second-order valence-corrected chi connectivity index (χ2v) is 5.76. The molecule has 4 rings (SSSR count). The number of amides is 1. The van der Waals surface area contributed by atoms with E-state index in [0.29, 0.717) is 18.5 Å². The normalized spacial score (nSPS) is 11.2. The van der Waals surface area contributed by atoms with Crippen LogP contribution in [0.2, 0.25) is 0 Å². The smallest absolute Gasteiger partial charge is 0.253 e. The van der Waals surface area contributed by atoms with Crippen molar-refractivity contribution >= 4 is 27.7 Å². The molecule has 2 aromatic heterocycles. The topological polar surface area (TPSA) is 60.7 Å². The Morgan fingerprint density at radius 2 is 1.79 bits per heavy atom. The molecule has 0 aliphatic rings. The van der Waals surface area contributed by atoms with E-state index in [1.807, 2.05) is 30.5 Å². The average molecular weight is 321 g/mol. The molecule has 0 saturated heterocycles. The van der Waals surface area contributed by atoms with E-state index in [4.69, 9.17) is 0 Å². The highest BCUT2D eigenvalue weighted by Gasteiger charge is 2.11. The number of para-hydroxylation sites is 1. The highest BCUT2D eigenvalue weighted by molar-refractivity contribution is 6.06. The van der Waals surface area contributed by atoms with Gasteiger partial charge in [-0.25, -0.2) is 4.39 Å². The molecule has 0 aliphatic heterocycles. The van der Waals surface area contributed by atoms with Crippen molar-refractivity contribution in [3.8, 4) is 0 Å². The molecule has 0 spiro atoms. The van der Waals surface area contributed by atoms with Gasteiger partial charge in [0.15, 0.2) is 0 Å². The van der Waals surface area contributed by atoms with Crippen molar-refractivity contribution in [3.05, 3.63) is 71.8 Å². The van der Waals surface area contributed by atoms with Crippen molar-refractivity contribution in [2.75, 3.05) is 6.54 Å². The van der Waals surface area contributed by atoms with E-state index in [1.54, 1.807) is 12.3 Å². The van der Waals surface area contributed by atoms with Gasteiger partial charge in [0, 0.05) is 40.7 Å². The van der Waals surface area contributed by atoms with Gasteiger partial charge in [0.2, 0.25) is 0 Å². The summed E-state index contributed by atoms with van der Waals surface area (Å²) in [6.07, 6.45) is 4.22. The van der Waals surface area contributed by atoms with Crippen molar-refractivity contribution in [1.29, 1.82) is 0 Å². The van der Waals surface area contributed by atoms with Crippen molar-refractivity contribution in [2.24, 2.45) is 0 Å². The number of hydrogen-bond donors (Lipinski definition) is 3. The minimum absolute atomic E-state index is 0.113. The zero-order chi connectivity index (χ0) is 16.5. The highest BCUT2D eigenvalue weighted by atomic mass is 19.1. The monoisotopic (exact) mass is 321 g/mol. The first kappa shape index (κ1) is 14.5. The number of halogens is 1. The van der Waals surface area contributed by atoms with E-state index in [1.165, 1.54) is 12.1 Å². The summed E-state index contributed by atoms with van der Waals surface area (Å²) in [7, 11) is 0. The number of carbonyl (C=O) groups excluding carboxylic acids is 1. The van der Waals surface area contributed by atoms with Crippen LogP contribution in [-0.4, -0.2) is 22.4 Å². The van der Waals surface area contributed by atoms with Crippen LogP contribution in [0.1, 0.15) is 15.9 Å². The standard InChI is InChI=1S/C19H16FN3O/c20-13-5-6-18-15(9-13)12(10-22-18)7-8-21-19(24)16-11-23-17-4-2-1-3-14(16)17/h1-6,9-11,22-23H,7-8H2,(H,21,24). The molecular formula is C19H16FN3O. The Hall–Kier alpha value is -3.08. The van der Waals surface area contributed by atoms with Gasteiger partial charge in [-0.05, 0) is 36.2 Å². The maximum Gasteiger partial charge on any atom is 0.253 e. The first-order valence-electron chi connectivity index (χ1n) is 7.82. The predicted molar refractivity (Wildman–Crippen MR) is 92.6 cm³/mol. The SMILES string of the molecule is O=C(NCCc1c[nH]c2ccc(F)cc12)c1c[nH]c2ccccc12. The molecule has 24 heavy (non-hydrogen) atoms. The highest BCUT2D eigenvalue weighted by Crippen LogP contribution is 2.20. The Labute approximate surface area is 137 Å². The number of rotatable bonds is 4. The summed E-state index contributed by atoms with van der Waals surface area (Å²) in [5.41, 5.74) is 3.46. The Bertz CT molecular complexity index is 1030. The van der Waals surface area contributed by atoms with Crippen molar-refractivity contribution in [1.82, 2.24) is 15.3 Å². The van der Waals surface area contributed by atoms with Gasteiger partial charge in [-0.2, -0.15) is 0 Å². The lowest BCUT2D eigenvalue weighted by atomic mass is 10.1.